The third kappa shape index (κ3) is 6.30. The lowest BCUT2D eigenvalue weighted by atomic mass is 10.1. The predicted octanol–water partition coefficient (Wildman–Crippen LogP) is 4.13. The number of carbonyl (C=O) groups excluding carboxylic acids is 2. The van der Waals surface area contributed by atoms with Gasteiger partial charge in [0.05, 0.1) is 16.7 Å². The van der Waals surface area contributed by atoms with Gasteiger partial charge in [0.25, 0.3) is 0 Å². The highest BCUT2D eigenvalue weighted by Gasteiger charge is 2.29. The number of nitrogens with one attached hydrogen (secondary N) is 1. The van der Waals surface area contributed by atoms with Gasteiger partial charge in [-0.2, -0.15) is 0 Å². The second-order valence-corrected chi connectivity index (χ2v) is 9.29. The third-order valence-electron chi connectivity index (χ3n) is 5.68. The van der Waals surface area contributed by atoms with Crippen molar-refractivity contribution in [2.45, 2.75) is 39.0 Å². The normalized spacial score (nSPS) is 16.1. The largest absolute Gasteiger partial charge is 0.487 e. The Morgan fingerprint density at radius 1 is 1.26 bits per heavy atom. The van der Waals surface area contributed by atoms with Gasteiger partial charge in [-0.1, -0.05) is 30.3 Å². The van der Waals surface area contributed by atoms with Gasteiger partial charge in [-0.25, -0.2) is 4.98 Å². The number of thiazole rings is 1. The summed E-state index contributed by atoms with van der Waals surface area (Å²) >= 11 is 1.60. The van der Waals surface area contributed by atoms with Gasteiger partial charge in [0.2, 0.25) is 11.8 Å². The summed E-state index contributed by atoms with van der Waals surface area (Å²) in [6.07, 6.45) is 4.97. The number of carbonyl (C=O) groups is 2. The van der Waals surface area contributed by atoms with Crippen LogP contribution in [0.4, 0.5) is 5.69 Å². The molecule has 1 atom stereocenters. The summed E-state index contributed by atoms with van der Waals surface area (Å²) < 4.78 is 5.83. The SMILES string of the molecule is Cc1nc(COc2cccc(/C=C/C(=O)Nc3ccccc3CN3CCCC3C(N)=O)c2)cs1. The first-order valence-electron chi connectivity index (χ1n) is 11.2. The lowest BCUT2D eigenvalue weighted by molar-refractivity contribution is -0.122. The summed E-state index contributed by atoms with van der Waals surface area (Å²) in [7, 11) is 0. The molecule has 1 aliphatic rings. The van der Waals surface area contributed by atoms with E-state index in [4.69, 9.17) is 10.5 Å². The maximum absolute atomic E-state index is 12.6. The van der Waals surface area contributed by atoms with Crippen molar-refractivity contribution in [1.82, 2.24) is 9.88 Å². The second kappa shape index (κ2) is 11.1. The molecule has 176 valence electrons. The van der Waals surface area contributed by atoms with E-state index < -0.39 is 0 Å². The molecule has 1 aromatic heterocycles. The summed E-state index contributed by atoms with van der Waals surface area (Å²) in [6.45, 7) is 3.75. The number of benzene rings is 2. The Morgan fingerprint density at radius 3 is 2.91 bits per heavy atom. The summed E-state index contributed by atoms with van der Waals surface area (Å²) in [5.74, 6) is 0.188. The van der Waals surface area contributed by atoms with Gasteiger partial charge in [0.15, 0.2) is 0 Å². The van der Waals surface area contributed by atoms with Crippen LogP contribution in [0.1, 0.15) is 34.7 Å². The van der Waals surface area contributed by atoms with Crippen molar-refractivity contribution in [3.8, 4) is 5.75 Å². The van der Waals surface area contributed by atoms with Crippen LogP contribution in [0.2, 0.25) is 0 Å². The Morgan fingerprint density at radius 2 is 2.12 bits per heavy atom. The Hall–Kier alpha value is -3.49. The fraction of sp³-hybridized carbons (Fsp3) is 0.269. The van der Waals surface area contributed by atoms with Crippen LogP contribution in [0.25, 0.3) is 6.08 Å². The van der Waals surface area contributed by atoms with Crippen LogP contribution < -0.4 is 15.8 Å². The highest BCUT2D eigenvalue weighted by atomic mass is 32.1. The van der Waals surface area contributed by atoms with Crippen molar-refractivity contribution in [3.05, 3.63) is 81.8 Å². The number of anilines is 1. The third-order valence-corrected chi connectivity index (χ3v) is 6.50. The van der Waals surface area contributed by atoms with Crippen molar-refractivity contribution < 1.29 is 14.3 Å². The Labute approximate surface area is 203 Å². The van der Waals surface area contributed by atoms with E-state index in [9.17, 15) is 9.59 Å². The molecule has 0 spiro atoms. The van der Waals surface area contributed by atoms with E-state index in [1.807, 2.05) is 60.8 Å². The molecule has 4 rings (SSSR count). The molecule has 3 N–H and O–H groups in total. The number of hydrogen-bond acceptors (Lipinski definition) is 6. The lowest BCUT2D eigenvalue weighted by Crippen LogP contribution is -2.39. The zero-order valence-corrected chi connectivity index (χ0v) is 19.9. The van der Waals surface area contributed by atoms with Gasteiger partial charge in [-0.05, 0) is 61.7 Å². The van der Waals surface area contributed by atoms with Crippen molar-refractivity contribution >= 4 is 34.9 Å². The Kier molecular flexibility index (Phi) is 7.72. The van der Waals surface area contributed by atoms with Crippen LogP contribution in [0, 0.1) is 6.92 Å². The molecule has 0 radical (unpaired) electrons. The molecule has 8 heteroatoms. The number of likely N-dealkylation sites (tertiary alicyclic amines) is 1. The molecule has 2 heterocycles. The first-order valence-corrected chi connectivity index (χ1v) is 12.1. The van der Waals surface area contributed by atoms with Crippen LogP contribution >= 0.6 is 11.3 Å². The van der Waals surface area contributed by atoms with Crippen LogP contribution in [0.3, 0.4) is 0 Å². The van der Waals surface area contributed by atoms with Crippen LogP contribution in [-0.2, 0) is 22.7 Å². The molecule has 0 saturated carbocycles. The van der Waals surface area contributed by atoms with Crippen molar-refractivity contribution in [1.29, 1.82) is 0 Å². The minimum atomic E-state index is -0.296. The number of aromatic nitrogens is 1. The standard InChI is InChI=1S/C26H28N4O3S/c1-18-28-21(17-34-18)16-33-22-8-4-6-19(14-22)11-12-25(31)29-23-9-3-2-7-20(23)15-30-13-5-10-24(30)26(27)32/h2-4,6-9,11-12,14,17,24H,5,10,13,15-16H2,1H3,(H2,27,32)(H,29,31)/b12-11+. The van der Waals surface area contributed by atoms with Gasteiger partial charge >= 0.3 is 0 Å². The quantitative estimate of drug-likeness (QED) is 0.453. The van der Waals surface area contributed by atoms with Crippen LogP contribution in [0.15, 0.2) is 60.0 Å². The van der Waals surface area contributed by atoms with Gasteiger partial charge in [-0.3, -0.25) is 14.5 Å². The van der Waals surface area contributed by atoms with E-state index in [0.717, 1.165) is 46.9 Å². The predicted molar refractivity (Wildman–Crippen MR) is 134 cm³/mol. The molecule has 2 aromatic carbocycles. The van der Waals surface area contributed by atoms with Gasteiger partial charge in [0.1, 0.15) is 12.4 Å². The number of amides is 2. The molecule has 3 aromatic rings. The molecule has 1 saturated heterocycles. The number of para-hydroxylation sites is 1. The van der Waals surface area contributed by atoms with Crippen molar-refractivity contribution in [2.24, 2.45) is 5.73 Å². The molecule has 1 fully saturated rings. The molecule has 7 nitrogen and oxygen atoms in total. The van der Waals surface area contributed by atoms with Gasteiger partial charge < -0.3 is 15.8 Å². The molecule has 1 aliphatic heterocycles. The van der Waals surface area contributed by atoms with Crippen LogP contribution in [0.5, 0.6) is 5.75 Å². The summed E-state index contributed by atoms with van der Waals surface area (Å²) in [6, 6.07) is 14.9. The van der Waals surface area contributed by atoms with E-state index in [-0.39, 0.29) is 17.9 Å². The number of hydrogen-bond donors (Lipinski definition) is 2. The van der Waals surface area contributed by atoms with Crippen molar-refractivity contribution in [3.63, 3.8) is 0 Å². The number of aryl methyl sites for hydroxylation is 1. The van der Waals surface area contributed by atoms with E-state index >= 15 is 0 Å². The molecule has 0 bridgehead atoms. The Bertz CT molecular complexity index is 1190. The van der Waals surface area contributed by atoms with Gasteiger partial charge in [0, 0.05) is 23.7 Å². The summed E-state index contributed by atoms with van der Waals surface area (Å²) in [4.78, 5) is 30.8. The maximum Gasteiger partial charge on any atom is 0.248 e. The molecular formula is C26H28N4O3S. The number of primary amides is 1. The van der Waals surface area contributed by atoms with E-state index in [0.29, 0.717) is 18.9 Å². The van der Waals surface area contributed by atoms with Crippen molar-refractivity contribution in [2.75, 3.05) is 11.9 Å². The maximum atomic E-state index is 12.6. The number of nitrogens with zero attached hydrogens (tertiary/aromatic N) is 2. The minimum absolute atomic E-state index is 0.232. The highest BCUT2D eigenvalue weighted by molar-refractivity contribution is 7.09. The van der Waals surface area contributed by atoms with E-state index in [2.05, 4.69) is 15.2 Å². The van der Waals surface area contributed by atoms with E-state index in [1.54, 1.807) is 17.4 Å². The molecule has 0 aliphatic carbocycles. The monoisotopic (exact) mass is 476 g/mol. The molecule has 34 heavy (non-hydrogen) atoms. The lowest BCUT2D eigenvalue weighted by Gasteiger charge is -2.23. The molecule has 2 amide bonds. The van der Waals surface area contributed by atoms with E-state index in [1.165, 1.54) is 6.08 Å². The minimum Gasteiger partial charge on any atom is -0.487 e. The summed E-state index contributed by atoms with van der Waals surface area (Å²) in [5, 5.41) is 5.95. The zero-order chi connectivity index (χ0) is 23.9. The molecular weight excluding hydrogens is 448 g/mol. The number of nitrogens with two attached hydrogens (primary N) is 1. The number of ether oxygens (including phenoxy) is 1. The topological polar surface area (TPSA) is 97.6 Å². The summed E-state index contributed by atoms with van der Waals surface area (Å²) in [5.41, 5.74) is 8.98. The molecule has 1 unspecified atom stereocenters. The van der Waals surface area contributed by atoms with Crippen LogP contribution in [-0.4, -0.2) is 34.3 Å². The van der Waals surface area contributed by atoms with Gasteiger partial charge in [-0.15, -0.1) is 11.3 Å². The fourth-order valence-electron chi connectivity index (χ4n) is 4.02. The average molecular weight is 477 g/mol. The first kappa shape index (κ1) is 23.7. The highest BCUT2D eigenvalue weighted by Crippen LogP contribution is 2.24. The average Bonchev–Trinajstić information content (AvgIpc) is 3.47. The number of rotatable bonds is 9. The first-order chi connectivity index (χ1) is 16.5. The Balaban J connectivity index is 1.36. The fourth-order valence-corrected chi connectivity index (χ4v) is 4.62. The smallest absolute Gasteiger partial charge is 0.248 e. The second-order valence-electron chi connectivity index (χ2n) is 8.23. The zero-order valence-electron chi connectivity index (χ0n) is 19.1.